The molecule has 0 aromatic rings. The fourth-order valence-electron chi connectivity index (χ4n) is 2.74. The molecule has 3 aliphatic heterocycles. The summed E-state index contributed by atoms with van der Waals surface area (Å²) < 4.78 is 0. The van der Waals surface area contributed by atoms with Crippen LogP contribution in [0.4, 0.5) is 0 Å². The number of nitrogens with zero attached hydrogens (tertiary/aromatic N) is 1. The van der Waals surface area contributed by atoms with Gasteiger partial charge in [0, 0.05) is 19.1 Å². The Bertz CT molecular complexity index is 149. The van der Waals surface area contributed by atoms with Crippen LogP contribution >= 0.6 is 0 Å². The van der Waals surface area contributed by atoms with Gasteiger partial charge in [-0.15, -0.1) is 0 Å². The summed E-state index contributed by atoms with van der Waals surface area (Å²) in [5.41, 5.74) is 0. The SMILES string of the molecule is CCC1CCC(C)N2CC(C1)C2. The largest absolute Gasteiger partial charge is 0.300 e. The van der Waals surface area contributed by atoms with Gasteiger partial charge in [-0.05, 0) is 38.0 Å². The summed E-state index contributed by atoms with van der Waals surface area (Å²) >= 11 is 0. The molecule has 3 aliphatic rings. The normalized spacial score (nSPS) is 47.5. The molecule has 0 radical (unpaired) electrons. The second-order valence-electron chi connectivity index (χ2n) is 4.76. The van der Waals surface area contributed by atoms with E-state index in [1.54, 1.807) is 0 Å². The van der Waals surface area contributed by atoms with E-state index >= 15 is 0 Å². The Morgan fingerprint density at radius 2 is 2.00 bits per heavy atom. The van der Waals surface area contributed by atoms with Crippen LogP contribution in [0.5, 0.6) is 0 Å². The predicted molar refractivity (Wildman–Crippen MR) is 52.2 cm³/mol. The molecular formula is C11H21N. The fraction of sp³-hybridized carbons (Fsp3) is 1.00. The van der Waals surface area contributed by atoms with Gasteiger partial charge in [0.1, 0.15) is 0 Å². The molecule has 0 aliphatic carbocycles. The van der Waals surface area contributed by atoms with Gasteiger partial charge >= 0.3 is 0 Å². The molecule has 0 spiro atoms. The summed E-state index contributed by atoms with van der Waals surface area (Å²) in [7, 11) is 0. The van der Waals surface area contributed by atoms with E-state index in [4.69, 9.17) is 0 Å². The highest BCUT2D eigenvalue weighted by Crippen LogP contribution is 2.33. The minimum absolute atomic E-state index is 0.871. The van der Waals surface area contributed by atoms with Crippen LogP contribution in [0.1, 0.15) is 39.5 Å². The molecule has 12 heavy (non-hydrogen) atoms. The van der Waals surface area contributed by atoms with Gasteiger partial charge in [0.05, 0.1) is 0 Å². The molecule has 0 saturated carbocycles. The van der Waals surface area contributed by atoms with Gasteiger partial charge in [0.2, 0.25) is 0 Å². The molecule has 2 atom stereocenters. The Labute approximate surface area is 76.1 Å². The molecule has 2 bridgehead atoms. The van der Waals surface area contributed by atoms with Crippen LogP contribution in [0.25, 0.3) is 0 Å². The summed E-state index contributed by atoms with van der Waals surface area (Å²) in [6.45, 7) is 7.55. The van der Waals surface area contributed by atoms with Crippen molar-refractivity contribution in [3.63, 3.8) is 0 Å². The molecule has 3 rings (SSSR count). The number of rotatable bonds is 1. The Morgan fingerprint density at radius 1 is 1.25 bits per heavy atom. The van der Waals surface area contributed by atoms with E-state index in [-0.39, 0.29) is 0 Å². The van der Waals surface area contributed by atoms with Crippen molar-refractivity contribution in [2.75, 3.05) is 13.1 Å². The van der Waals surface area contributed by atoms with E-state index in [0.717, 1.165) is 17.9 Å². The first-order valence-electron chi connectivity index (χ1n) is 5.53. The first-order chi connectivity index (χ1) is 5.79. The minimum atomic E-state index is 0.871. The van der Waals surface area contributed by atoms with Crippen LogP contribution in [0, 0.1) is 11.8 Å². The summed E-state index contributed by atoms with van der Waals surface area (Å²) in [5, 5.41) is 0. The Hall–Kier alpha value is -0.0400. The maximum Gasteiger partial charge on any atom is 0.00672 e. The molecule has 0 aromatic heterocycles. The van der Waals surface area contributed by atoms with Gasteiger partial charge in [0.15, 0.2) is 0 Å². The summed E-state index contributed by atoms with van der Waals surface area (Å²) in [5.74, 6) is 2.09. The topological polar surface area (TPSA) is 3.24 Å². The van der Waals surface area contributed by atoms with Crippen molar-refractivity contribution in [2.45, 2.75) is 45.6 Å². The van der Waals surface area contributed by atoms with E-state index in [0.29, 0.717) is 0 Å². The van der Waals surface area contributed by atoms with Gasteiger partial charge in [-0.2, -0.15) is 0 Å². The third-order valence-electron chi connectivity index (χ3n) is 3.85. The highest BCUT2D eigenvalue weighted by Gasteiger charge is 2.33. The molecular weight excluding hydrogens is 146 g/mol. The van der Waals surface area contributed by atoms with E-state index in [2.05, 4.69) is 18.7 Å². The zero-order valence-electron chi connectivity index (χ0n) is 8.42. The van der Waals surface area contributed by atoms with Crippen LogP contribution in [0.2, 0.25) is 0 Å². The van der Waals surface area contributed by atoms with E-state index in [1.165, 1.54) is 38.8 Å². The fourth-order valence-corrected chi connectivity index (χ4v) is 2.74. The molecule has 0 amide bonds. The highest BCUT2D eigenvalue weighted by atomic mass is 15.2. The maximum atomic E-state index is 2.65. The molecule has 3 saturated heterocycles. The Kier molecular flexibility index (Phi) is 2.40. The van der Waals surface area contributed by atoms with Gasteiger partial charge in [-0.1, -0.05) is 13.3 Å². The Balaban J connectivity index is 1.91. The lowest BCUT2D eigenvalue weighted by Crippen LogP contribution is -2.53. The van der Waals surface area contributed by atoms with Crippen LogP contribution in [-0.4, -0.2) is 24.0 Å². The van der Waals surface area contributed by atoms with Gasteiger partial charge in [-0.25, -0.2) is 0 Å². The summed E-state index contributed by atoms with van der Waals surface area (Å²) in [4.78, 5) is 2.65. The monoisotopic (exact) mass is 167 g/mol. The van der Waals surface area contributed by atoms with Crippen molar-refractivity contribution >= 4 is 0 Å². The second kappa shape index (κ2) is 3.37. The molecule has 2 unspecified atom stereocenters. The van der Waals surface area contributed by atoms with Crippen molar-refractivity contribution in [1.82, 2.24) is 4.90 Å². The van der Waals surface area contributed by atoms with Crippen LogP contribution in [0.3, 0.4) is 0 Å². The first kappa shape index (κ1) is 8.55. The lowest BCUT2D eigenvalue weighted by molar-refractivity contribution is 0.0200. The lowest BCUT2D eigenvalue weighted by Gasteiger charge is -2.47. The van der Waals surface area contributed by atoms with Gasteiger partial charge < -0.3 is 4.90 Å². The van der Waals surface area contributed by atoms with Crippen molar-refractivity contribution < 1.29 is 0 Å². The second-order valence-corrected chi connectivity index (χ2v) is 4.76. The van der Waals surface area contributed by atoms with E-state index in [9.17, 15) is 0 Å². The predicted octanol–water partition coefficient (Wildman–Crippen LogP) is 2.52. The zero-order valence-corrected chi connectivity index (χ0v) is 8.42. The van der Waals surface area contributed by atoms with Crippen LogP contribution in [0.15, 0.2) is 0 Å². The maximum absolute atomic E-state index is 2.65. The number of hydrogen-bond donors (Lipinski definition) is 0. The van der Waals surface area contributed by atoms with Crippen LogP contribution < -0.4 is 0 Å². The molecule has 70 valence electrons. The van der Waals surface area contributed by atoms with Gasteiger partial charge in [-0.3, -0.25) is 0 Å². The van der Waals surface area contributed by atoms with E-state index < -0.39 is 0 Å². The van der Waals surface area contributed by atoms with Crippen molar-refractivity contribution in [1.29, 1.82) is 0 Å². The average molecular weight is 167 g/mol. The molecule has 3 fully saturated rings. The molecule has 1 nitrogen and oxygen atoms in total. The average Bonchev–Trinajstić information content (AvgIpc) is 1.96. The molecule has 0 N–H and O–H groups in total. The zero-order chi connectivity index (χ0) is 8.55. The standard InChI is InChI=1S/C11H21N/c1-3-10-5-4-9(2)12-7-11(6-10)8-12/h9-11H,3-8H2,1-2H3. The van der Waals surface area contributed by atoms with Crippen molar-refractivity contribution in [3.8, 4) is 0 Å². The minimum Gasteiger partial charge on any atom is -0.300 e. The van der Waals surface area contributed by atoms with E-state index in [1.807, 2.05) is 0 Å². The molecule has 0 aromatic carbocycles. The third kappa shape index (κ3) is 1.52. The van der Waals surface area contributed by atoms with Gasteiger partial charge in [0.25, 0.3) is 0 Å². The Morgan fingerprint density at radius 3 is 2.67 bits per heavy atom. The third-order valence-corrected chi connectivity index (χ3v) is 3.85. The quantitative estimate of drug-likeness (QED) is 0.580. The lowest BCUT2D eigenvalue weighted by atomic mass is 9.80. The molecule has 3 heterocycles. The number of hydrogen-bond acceptors (Lipinski definition) is 1. The highest BCUT2D eigenvalue weighted by molar-refractivity contribution is 4.87. The van der Waals surface area contributed by atoms with Crippen LogP contribution in [-0.2, 0) is 0 Å². The summed E-state index contributed by atoms with van der Waals surface area (Å²) in [6.07, 6.45) is 5.83. The smallest absolute Gasteiger partial charge is 0.00672 e. The summed E-state index contributed by atoms with van der Waals surface area (Å²) in [6, 6.07) is 0.871. The molecule has 1 heteroatoms. The van der Waals surface area contributed by atoms with Crippen molar-refractivity contribution in [3.05, 3.63) is 0 Å². The first-order valence-corrected chi connectivity index (χ1v) is 5.53. The van der Waals surface area contributed by atoms with Crippen molar-refractivity contribution in [2.24, 2.45) is 11.8 Å². The number of fused-ring (bicyclic) bond motifs is 4.